The average Bonchev–Trinajstić information content (AvgIpc) is 3.05. The molecule has 0 fully saturated rings. The lowest BCUT2D eigenvalue weighted by molar-refractivity contribution is 0.101. The fraction of sp³-hybridized carbons (Fsp3) is 0.111. The summed E-state index contributed by atoms with van der Waals surface area (Å²) in [4.78, 5) is 12.4. The quantitative estimate of drug-likeness (QED) is 0.754. The lowest BCUT2D eigenvalue weighted by Gasteiger charge is -2.09. The highest BCUT2D eigenvalue weighted by atomic mass is 35.5. The van der Waals surface area contributed by atoms with E-state index >= 15 is 0 Å². The monoisotopic (exact) mass is 342 g/mol. The van der Waals surface area contributed by atoms with Crippen molar-refractivity contribution >= 4 is 23.2 Å². The lowest BCUT2D eigenvalue weighted by atomic mass is 10.1. The van der Waals surface area contributed by atoms with Crippen molar-refractivity contribution in [3.63, 3.8) is 0 Å². The summed E-state index contributed by atoms with van der Waals surface area (Å²) >= 11 is 5.96. The topological polar surface area (TPSA) is 64.4 Å². The van der Waals surface area contributed by atoms with Crippen LogP contribution in [0.3, 0.4) is 0 Å². The summed E-state index contributed by atoms with van der Waals surface area (Å²) in [6.07, 6.45) is 0. The van der Waals surface area contributed by atoms with Gasteiger partial charge in [0.25, 0.3) is 5.91 Å². The normalized spacial score (nSPS) is 10.5. The molecule has 122 valence electrons. The number of nitrogens with zero attached hydrogens (tertiary/aromatic N) is 1. The van der Waals surface area contributed by atoms with E-state index in [1.54, 1.807) is 24.3 Å². The zero-order valence-electron chi connectivity index (χ0n) is 13.2. The van der Waals surface area contributed by atoms with Gasteiger partial charge in [-0.15, -0.1) is 0 Å². The highest BCUT2D eigenvalue weighted by molar-refractivity contribution is 6.31. The van der Waals surface area contributed by atoms with Gasteiger partial charge in [0.05, 0.1) is 12.8 Å². The van der Waals surface area contributed by atoms with Crippen LogP contribution >= 0.6 is 11.6 Å². The van der Waals surface area contributed by atoms with Crippen molar-refractivity contribution in [3.05, 3.63) is 64.8 Å². The number of rotatable bonds is 4. The van der Waals surface area contributed by atoms with Gasteiger partial charge in [-0.05, 0) is 31.2 Å². The number of aromatic nitrogens is 1. The number of hydrogen-bond acceptors (Lipinski definition) is 4. The number of methoxy groups -OCH3 is 1. The molecule has 0 atom stereocenters. The summed E-state index contributed by atoms with van der Waals surface area (Å²) in [5.41, 5.74) is 2.60. The van der Waals surface area contributed by atoms with Gasteiger partial charge < -0.3 is 14.6 Å². The van der Waals surface area contributed by atoms with E-state index in [1.165, 1.54) is 7.11 Å². The lowest BCUT2D eigenvalue weighted by Crippen LogP contribution is -2.12. The molecular weight excluding hydrogens is 328 g/mol. The molecule has 3 rings (SSSR count). The number of halogens is 1. The largest absolute Gasteiger partial charge is 0.495 e. The zero-order valence-corrected chi connectivity index (χ0v) is 13.9. The van der Waals surface area contributed by atoms with Crippen LogP contribution in [0.4, 0.5) is 5.69 Å². The SMILES string of the molecule is COc1ccc(Cl)cc1NC(=O)c1cc(-c2cccc(C)c2)on1. The second kappa shape index (κ2) is 6.76. The molecule has 0 saturated heterocycles. The van der Waals surface area contributed by atoms with E-state index in [9.17, 15) is 4.79 Å². The van der Waals surface area contributed by atoms with Gasteiger partial charge in [0.15, 0.2) is 11.5 Å². The molecule has 0 aliphatic carbocycles. The second-order valence-electron chi connectivity index (χ2n) is 5.24. The second-order valence-corrected chi connectivity index (χ2v) is 5.68. The van der Waals surface area contributed by atoms with Gasteiger partial charge >= 0.3 is 0 Å². The summed E-state index contributed by atoms with van der Waals surface area (Å²) in [7, 11) is 1.52. The minimum atomic E-state index is -0.404. The van der Waals surface area contributed by atoms with Gasteiger partial charge in [0, 0.05) is 16.7 Å². The van der Waals surface area contributed by atoms with Crippen molar-refractivity contribution in [1.82, 2.24) is 5.16 Å². The van der Waals surface area contributed by atoms with E-state index in [1.807, 2.05) is 31.2 Å². The van der Waals surface area contributed by atoms with Gasteiger partial charge in [0.1, 0.15) is 5.75 Å². The Balaban J connectivity index is 1.83. The Morgan fingerprint density at radius 2 is 2.04 bits per heavy atom. The Hall–Kier alpha value is -2.79. The predicted molar refractivity (Wildman–Crippen MR) is 92.6 cm³/mol. The molecule has 0 unspecified atom stereocenters. The van der Waals surface area contributed by atoms with Crippen molar-refractivity contribution < 1.29 is 14.1 Å². The van der Waals surface area contributed by atoms with Gasteiger partial charge in [-0.25, -0.2) is 0 Å². The van der Waals surface area contributed by atoms with Gasteiger partial charge in [-0.2, -0.15) is 0 Å². The fourth-order valence-corrected chi connectivity index (χ4v) is 2.45. The van der Waals surface area contributed by atoms with E-state index < -0.39 is 5.91 Å². The van der Waals surface area contributed by atoms with Gasteiger partial charge in [-0.1, -0.05) is 40.5 Å². The van der Waals surface area contributed by atoms with E-state index in [2.05, 4.69) is 10.5 Å². The van der Waals surface area contributed by atoms with Crippen LogP contribution in [-0.2, 0) is 0 Å². The third kappa shape index (κ3) is 3.41. The molecule has 3 aromatic rings. The molecule has 24 heavy (non-hydrogen) atoms. The number of aryl methyl sites for hydroxylation is 1. The number of carbonyl (C=O) groups is 1. The first-order valence-corrected chi connectivity index (χ1v) is 7.63. The van der Waals surface area contributed by atoms with E-state index in [0.29, 0.717) is 22.2 Å². The molecule has 0 bridgehead atoms. The standard InChI is InChI=1S/C18H15ClN2O3/c1-11-4-3-5-12(8-11)17-10-15(21-24-17)18(22)20-14-9-13(19)6-7-16(14)23-2/h3-10H,1-2H3,(H,20,22). The summed E-state index contributed by atoms with van der Waals surface area (Å²) in [5.74, 6) is 0.635. The molecule has 0 aliphatic rings. The molecule has 1 amide bonds. The van der Waals surface area contributed by atoms with Crippen LogP contribution in [0.5, 0.6) is 5.75 Å². The van der Waals surface area contributed by atoms with Crippen LogP contribution in [0.15, 0.2) is 53.1 Å². The van der Waals surface area contributed by atoms with Crippen LogP contribution < -0.4 is 10.1 Å². The summed E-state index contributed by atoms with van der Waals surface area (Å²) in [6.45, 7) is 1.99. The Morgan fingerprint density at radius 3 is 2.79 bits per heavy atom. The molecule has 1 N–H and O–H groups in total. The van der Waals surface area contributed by atoms with E-state index in [4.69, 9.17) is 20.9 Å². The minimum Gasteiger partial charge on any atom is -0.495 e. The maximum absolute atomic E-state index is 12.4. The van der Waals surface area contributed by atoms with Gasteiger partial charge in [0.2, 0.25) is 0 Å². The van der Waals surface area contributed by atoms with Crippen LogP contribution in [0.1, 0.15) is 16.1 Å². The number of carbonyl (C=O) groups excluding carboxylic acids is 1. The molecule has 0 aliphatic heterocycles. The smallest absolute Gasteiger partial charge is 0.277 e. The van der Waals surface area contributed by atoms with Crippen molar-refractivity contribution in [3.8, 4) is 17.1 Å². The fourth-order valence-electron chi connectivity index (χ4n) is 2.28. The van der Waals surface area contributed by atoms with E-state index in [-0.39, 0.29) is 5.69 Å². The highest BCUT2D eigenvalue weighted by Gasteiger charge is 2.16. The Kier molecular flexibility index (Phi) is 4.53. The zero-order chi connectivity index (χ0) is 17.1. The number of ether oxygens (including phenoxy) is 1. The van der Waals surface area contributed by atoms with Gasteiger partial charge in [-0.3, -0.25) is 4.79 Å². The molecule has 6 heteroatoms. The van der Waals surface area contributed by atoms with E-state index in [0.717, 1.165) is 11.1 Å². The van der Waals surface area contributed by atoms with Crippen molar-refractivity contribution in [1.29, 1.82) is 0 Å². The summed E-state index contributed by atoms with van der Waals surface area (Å²) < 4.78 is 10.5. The number of amides is 1. The Morgan fingerprint density at radius 1 is 1.21 bits per heavy atom. The molecular formula is C18H15ClN2O3. The highest BCUT2D eigenvalue weighted by Crippen LogP contribution is 2.28. The molecule has 1 heterocycles. The number of benzene rings is 2. The first kappa shape index (κ1) is 16.1. The third-order valence-electron chi connectivity index (χ3n) is 3.46. The number of nitrogens with one attached hydrogen (secondary N) is 1. The summed E-state index contributed by atoms with van der Waals surface area (Å²) in [5, 5.41) is 7.05. The number of hydrogen-bond donors (Lipinski definition) is 1. The molecule has 2 aromatic carbocycles. The maximum atomic E-state index is 12.4. The first-order valence-electron chi connectivity index (χ1n) is 7.25. The van der Waals surface area contributed by atoms with Crippen molar-refractivity contribution in [2.24, 2.45) is 0 Å². The minimum absolute atomic E-state index is 0.175. The van der Waals surface area contributed by atoms with Crippen molar-refractivity contribution in [2.45, 2.75) is 6.92 Å². The average molecular weight is 343 g/mol. The molecule has 0 saturated carbocycles. The molecule has 5 nitrogen and oxygen atoms in total. The van der Waals surface area contributed by atoms with Crippen molar-refractivity contribution in [2.75, 3.05) is 12.4 Å². The Labute approximate surface area is 144 Å². The maximum Gasteiger partial charge on any atom is 0.277 e. The molecule has 0 radical (unpaired) electrons. The molecule has 0 spiro atoms. The first-order chi connectivity index (χ1) is 11.6. The summed E-state index contributed by atoms with van der Waals surface area (Å²) in [6, 6.07) is 14.3. The predicted octanol–water partition coefficient (Wildman–Crippen LogP) is 4.56. The molecule has 1 aromatic heterocycles. The van der Waals surface area contributed by atoms with Crippen LogP contribution in [0.2, 0.25) is 5.02 Å². The van der Waals surface area contributed by atoms with Crippen LogP contribution in [0, 0.1) is 6.92 Å². The van der Waals surface area contributed by atoms with Crippen LogP contribution in [-0.4, -0.2) is 18.2 Å². The van der Waals surface area contributed by atoms with Crippen LogP contribution in [0.25, 0.3) is 11.3 Å². The number of anilines is 1. The third-order valence-corrected chi connectivity index (χ3v) is 3.69. The Bertz CT molecular complexity index is 889.